The summed E-state index contributed by atoms with van der Waals surface area (Å²) in [6.07, 6.45) is 10.2. The fraction of sp³-hybridized carbons (Fsp3) is 0.477. The highest BCUT2D eigenvalue weighted by Crippen LogP contribution is 2.46. The fourth-order valence-electron chi connectivity index (χ4n) is 9.54. The Hall–Kier alpha value is -5.51. The van der Waals surface area contributed by atoms with Gasteiger partial charge in [-0.05, 0) is 93.2 Å². The Morgan fingerprint density at radius 2 is 1.72 bits per heavy atom. The lowest BCUT2D eigenvalue weighted by molar-refractivity contribution is -0.541. The first-order valence-corrected chi connectivity index (χ1v) is 21.3. The van der Waals surface area contributed by atoms with Crippen molar-refractivity contribution < 1.29 is 41.7 Å². The average molecular weight is 862 g/mol. The second-order valence-corrected chi connectivity index (χ2v) is 17.3. The third-order valence-electron chi connectivity index (χ3n) is 13.2. The number of carbonyl (C=O) groups excluding carboxylic acids is 4. The third kappa shape index (κ3) is 9.09. The van der Waals surface area contributed by atoms with Gasteiger partial charge in [-0.1, -0.05) is 17.7 Å². The predicted octanol–water partition coefficient (Wildman–Crippen LogP) is 8.12. The number of imide groups is 1. The summed E-state index contributed by atoms with van der Waals surface area (Å²) in [4.78, 5) is 57.4. The molecule has 0 radical (unpaired) electrons. The number of rotatable bonds is 8. The number of halogens is 4. The Morgan fingerprint density at radius 1 is 0.984 bits per heavy atom. The van der Waals surface area contributed by atoms with Crippen LogP contribution < -0.4 is 20.3 Å². The molecule has 17 heteroatoms. The maximum Gasteiger partial charge on any atom is 0.433 e. The SMILES string of the molecule is COc1cc2nn(C3CCC(C=[N+](C)C4CCC5(CC4)CCN(C(=O)c4ccc(Cl)c(N6CCC(=O)NC6=O)c4)CC5)CC3)cc2cc1NC(=O)c1cccc(C(F)(F)F)n1. The number of likely N-dealkylation sites (tertiary alicyclic amines) is 1. The molecule has 0 unspecified atom stereocenters. The van der Waals surface area contributed by atoms with Gasteiger partial charge in [-0.15, -0.1) is 0 Å². The van der Waals surface area contributed by atoms with Gasteiger partial charge >= 0.3 is 12.2 Å². The van der Waals surface area contributed by atoms with Crippen LogP contribution in [0.15, 0.2) is 54.7 Å². The number of alkyl halides is 3. The number of hydrogen-bond donors (Lipinski definition) is 2. The second-order valence-electron chi connectivity index (χ2n) is 16.9. The highest BCUT2D eigenvalue weighted by molar-refractivity contribution is 6.34. The Kier molecular flexibility index (Phi) is 11.8. The smallest absolute Gasteiger partial charge is 0.433 e. The summed E-state index contributed by atoms with van der Waals surface area (Å²) in [5.41, 5.74) is 0.638. The van der Waals surface area contributed by atoms with Crippen LogP contribution >= 0.6 is 11.6 Å². The van der Waals surface area contributed by atoms with Gasteiger partial charge < -0.3 is 15.0 Å². The van der Waals surface area contributed by atoms with Crippen molar-refractivity contribution in [1.82, 2.24) is 25.0 Å². The van der Waals surface area contributed by atoms with Crippen LogP contribution in [0.25, 0.3) is 10.9 Å². The molecule has 2 aliphatic carbocycles. The number of amides is 5. The summed E-state index contributed by atoms with van der Waals surface area (Å²) >= 11 is 6.42. The van der Waals surface area contributed by atoms with Gasteiger partial charge in [-0.25, -0.2) is 14.4 Å². The van der Waals surface area contributed by atoms with Crippen LogP contribution in [0.5, 0.6) is 5.75 Å². The molecular weight excluding hydrogens is 813 g/mol. The van der Waals surface area contributed by atoms with Crippen LogP contribution in [0.4, 0.5) is 29.3 Å². The van der Waals surface area contributed by atoms with Crippen LogP contribution in [-0.2, 0) is 11.0 Å². The molecule has 4 fully saturated rings. The standard InChI is InChI=1S/C44H48ClF3N8O5/c1-53(30-12-15-43(16-13-30)17-20-54(21-18-43)41(59)28-8-11-32(45)36(23-28)55-19-14-39(57)51-42(55)60)25-27-6-9-31(10-7-27)56-26-29-22-35(37(61-2)24-34(29)52-56)50-40(58)33-4-3-5-38(49-33)44(46,47)48/h3-5,8,11,22-27,30-31H,6-7,9-10,12-21H2,1-2H3,(H-,50,51,57,58,60)/p+1. The van der Waals surface area contributed by atoms with Gasteiger partial charge in [0.05, 0.1) is 35.1 Å². The molecule has 0 bridgehead atoms. The largest absolute Gasteiger partial charge is 0.494 e. The number of pyridine rings is 1. The van der Waals surface area contributed by atoms with Crippen molar-refractivity contribution in [3.63, 3.8) is 0 Å². The molecule has 322 valence electrons. The van der Waals surface area contributed by atoms with E-state index >= 15 is 0 Å². The van der Waals surface area contributed by atoms with E-state index in [0.717, 1.165) is 81.7 Å². The van der Waals surface area contributed by atoms with Gasteiger partial charge in [-0.3, -0.25) is 29.3 Å². The molecule has 61 heavy (non-hydrogen) atoms. The molecule has 5 amide bonds. The molecule has 2 aromatic heterocycles. The number of methoxy groups -OCH3 is 1. The number of anilines is 2. The summed E-state index contributed by atoms with van der Waals surface area (Å²) < 4.78 is 49.5. The summed E-state index contributed by atoms with van der Waals surface area (Å²) in [7, 11) is 3.66. The van der Waals surface area contributed by atoms with E-state index < -0.39 is 23.8 Å². The zero-order valence-electron chi connectivity index (χ0n) is 34.1. The molecule has 2 saturated heterocycles. The van der Waals surface area contributed by atoms with Crippen molar-refractivity contribution in [2.75, 3.05) is 44.0 Å². The lowest BCUT2D eigenvalue weighted by atomic mass is 9.67. The first kappa shape index (κ1) is 42.2. The summed E-state index contributed by atoms with van der Waals surface area (Å²) in [5.74, 6) is -0.389. The second kappa shape index (κ2) is 17.1. The summed E-state index contributed by atoms with van der Waals surface area (Å²) in [6.45, 7) is 1.57. The highest BCUT2D eigenvalue weighted by atomic mass is 35.5. The number of fused-ring (bicyclic) bond motifs is 1. The van der Waals surface area contributed by atoms with Crippen molar-refractivity contribution in [1.29, 1.82) is 0 Å². The predicted molar refractivity (Wildman–Crippen MR) is 224 cm³/mol. The van der Waals surface area contributed by atoms with E-state index in [-0.39, 0.29) is 41.9 Å². The third-order valence-corrected chi connectivity index (χ3v) is 13.5. The van der Waals surface area contributed by atoms with Crippen molar-refractivity contribution >= 4 is 63.8 Å². The number of carbonyl (C=O) groups is 4. The number of hydrogen-bond acceptors (Lipinski definition) is 7. The molecule has 1 spiro atoms. The molecular formula is C44H49ClF3N8O5+. The first-order chi connectivity index (χ1) is 29.2. The van der Waals surface area contributed by atoms with E-state index in [0.29, 0.717) is 58.3 Å². The molecule has 2 N–H and O–H groups in total. The lowest BCUT2D eigenvalue weighted by Gasteiger charge is -2.45. The molecule has 4 aliphatic rings. The lowest BCUT2D eigenvalue weighted by Crippen LogP contribution is -2.49. The first-order valence-electron chi connectivity index (χ1n) is 20.9. The summed E-state index contributed by atoms with van der Waals surface area (Å²) in [6, 6.07) is 11.8. The monoisotopic (exact) mass is 861 g/mol. The number of piperidine rings is 1. The number of aromatic nitrogens is 3. The fourth-order valence-corrected chi connectivity index (χ4v) is 9.76. The molecule has 2 aromatic carbocycles. The molecule has 4 aromatic rings. The zero-order valence-corrected chi connectivity index (χ0v) is 34.9. The van der Waals surface area contributed by atoms with Gasteiger partial charge in [-0.2, -0.15) is 18.3 Å². The van der Waals surface area contributed by atoms with Gasteiger partial charge in [0.25, 0.3) is 11.8 Å². The van der Waals surface area contributed by atoms with Crippen molar-refractivity contribution in [3.8, 4) is 5.75 Å². The quantitative estimate of drug-likeness (QED) is 0.135. The molecule has 13 nitrogen and oxygen atoms in total. The van der Waals surface area contributed by atoms with Crippen LogP contribution in [0, 0.1) is 11.3 Å². The van der Waals surface area contributed by atoms with Crippen LogP contribution in [0.2, 0.25) is 5.02 Å². The van der Waals surface area contributed by atoms with Gasteiger partial charge in [0.1, 0.15) is 30.4 Å². The Bertz CT molecular complexity index is 2380. The minimum Gasteiger partial charge on any atom is -0.494 e. The number of benzene rings is 2. The van der Waals surface area contributed by atoms with E-state index in [9.17, 15) is 32.3 Å². The maximum atomic E-state index is 13.6. The van der Waals surface area contributed by atoms with E-state index in [1.54, 1.807) is 30.3 Å². The Morgan fingerprint density at radius 3 is 2.41 bits per heavy atom. The molecule has 8 rings (SSSR count). The minimum absolute atomic E-state index is 0.0762. The van der Waals surface area contributed by atoms with Gasteiger partial charge in [0.15, 0.2) is 6.04 Å². The molecule has 2 saturated carbocycles. The van der Waals surface area contributed by atoms with Crippen LogP contribution in [0.3, 0.4) is 0 Å². The van der Waals surface area contributed by atoms with Gasteiger partial charge in [0, 0.05) is 68.0 Å². The van der Waals surface area contributed by atoms with E-state index in [2.05, 4.69) is 33.5 Å². The molecule has 2 aliphatic heterocycles. The zero-order chi connectivity index (χ0) is 43.1. The van der Waals surface area contributed by atoms with Crippen LogP contribution in [0.1, 0.15) is 103 Å². The Labute approximate surface area is 356 Å². The van der Waals surface area contributed by atoms with E-state index in [4.69, 9.17) is 21.4 Å². The van der Waals surface area contributed by atoms with Crippen molar-refractivity contribution in [3.05, 3.63) is 76.7 Å². The van der Waals surface area contributed by atoms with E-state index in [1.165, 1.54) is 18.1 Å². The number of urea groups is 1. The summed E-state index contributed by atoms with van der Waals surface area (Å²) in [5, 5.41) is 10.9. The van der Waals surface area contributed by atoms with Crippen molar-refractivity contribution in [2.24, 2.45) is 11.3 Å². The normalized spacial score (nSPS) is 21.4. The van der Waals surface area contributed by atoms with E-state index in [1.807, 2.05) is 15.8 Å². The highest BCUT2D eigenvalue weighted by Gasteiger charge is 2.42. The number of ether oxygens (including phenoxy) is 1. The Balaban J connectivity index is 0.822. The van der Waals surface area contributed by atoms with Gasteiger partial charge in [0.2, 0.25) is 5.91 Å². The minimum atomic E-state index is -4.67. The maximum absolute atomic E-state index is 13.6. The number of nitrogens with zero attached hydrogens (tertiary/aromatic N) is 6. The van der Waals surface area contributed by atoms with Crippen molar-refractivity contribution in [2.45, 2.75) is 88.9 Å². The number of nitrogens with one attached hydrogen (secondary N) is 2. The average Bonchev–Trinajstić information content (AvgIpc) is 3.67. The van der Waals surface area contributed by atoms with Crippen LogP contribution in [-0.4, -0.2) is 94.0 Å². The molecule has 4 heterocycles. The topological polar surface area (TPSA) is 142 Å². The molecule has 0 atom stereocenters.